The average molecular weight is 303 g/mol. The summed E-state index contributed by atoms with van der Waals surface area (Å²) in [6.45, 7) is 13.1. The lowest BCUT2D eigenvalue weighted by Crippen LogP contribution is -2.22. The van der Waals surface area contributed by atoms with Crippen molar-refractivity contribution in [1.82, 2.24) is 5.32 Å². The molecule has 0 aromatic rings. The highest BCUT2D eigenvalue weighted by molar-refractivity contribution is 4.50. The van der Waals surface area contributed by atoms with Crippen LogP contribution in [0.2, 0.25) is 0 Å². The highest BCUT2D eigenvalue weighted by atomic mass is 16.5. The molecule has 0 saturated carbocycles. The summed E-state index contributed by atoms with van der Waals surface area (Å²) in [5, 5.41) is 3.40. The van der Waals surface area contributed by atoms with E-state index < -0.39 is 0 Å². The van der Waals surface area contributed by atoms with Crippen molar-refractivity contribution in [1.29, 1.82) is 0 Å². The molecule has 0 spiro atoms. The minimum absolute atomic E-state index is 0.658. The first kappa shape index (κ1) is 20.8. The number of nitrogens with one attached hydrogen (secondary N) is 1. The van der Waals surface area contributed by atoms with Crippen LogP contribution in [0.15, 0.2) is 0 Å². The fourth-order valence-electron chi connectivity index (χ4n) is 1.86. The maximum absolute atomic E-state index is 5.50. The summed E-state index contributed by atoms with van der Waals surface area (Å²) in [4.78, 5) is 0. The fraction of sp³-hybridized carbons (Fsp3) is 1.00. The Labute approximate surface area is 131 Å². The summed E-state index contributed by atoms with van der Waals surface area (Å²) in [6, 6.07) is 0. The van der Waals surface area contributed by atoms with Crippen LogP contribution >= 0.6 is 0 Å². The Hall–Kier alpha value is -0.160. The second-order valence-corrected chi connectivity index (χ2v) is 5.83. The molecule has 4 nitrogen and oxygen atoms in total. The largest absolute Gasteiger partial charge is 0.379 e. The monoisotopic (exact) mass is 303 g/mol. The molecule has 0 amide bonds. The van der Waals surface area contributed by atoms with Gasteiger partial charge in [-0.1, -0.05) is 40.0 Å². The predicted molar refractivity (Wildman–Crippen MR) is 88.9 cm³/mol. The zero-order valence-corrected chi connectivity index (χ0v) is 14.5. The van der Waals surface area contributed by atoms with E-state index in [1.54, 1.807) is 0 Å². The first-order valence-electron chi connectivity index (χ1n) is 8.71. The molecule has 1 N–H and O–H groups in total. The lowest BCUT2D eigenvalue weighted by molar-refractivity contribution is 0.0147. The zero-order chi connectivity index (χ0) is 15.6. The van der Waals surface area contributed by atoms with Crippen molar-refractivity contribution < 1.29 is 14.2 Å². The van der Waals surface area contributed by atoms with Gasteiger partial charge in [0.15, 0.2) is 0 Å². The van der Waals surface area contributed by atoms with Crippen molar-refractivity contribution in [2.45, 2.75) is 52.9 Å². The van der Waals surface area contributed by atoms with Crippen LogP contribution in [0.4, 0.5) is 0 Å². The Morgan fingerprint density at radius 1 is 0.714 bits per heavy atom. The Morgan fingerprint density at radius 2 is 1.33 bits per heavy atom. The van der Waals surface area contributed by atoms with Gasteiger partial charge >= 0.3 is 0 Å². The molecule has 0 bridgehead atoms. The van der Waals surface area contributed by atoms with Gasteiger partial charge in [-0.2, -0.15) is 0 Å². The third-order valence-electron chi connectivity index (χ3n) is 3.19. The Morgan fingerprint density at radius 3 is 1.95 bits per heavy atom. The molecule has 0 rings (SSSR count). The SMILES string of the molecule is CCCCOCCOCCOCCNCCCCC(C)C. The Balaban J connectivity index is 2.93. The van der Waals surface area contributed by atoms with Crippen LogP contribution < -0.4 is 5.32 Å². The molecule has 0 radical (unpaired) electrons. The summed E-state index contributed by atoms with van der Waals surface area (Å²) in [5.41, 5.74) is 0. The molecule has 21 heavy (non-hydrogen) atoms. The standard InChI is InChI=1S/C17H37NO3/c1-4-5-11-19-13-15-21-16-14-20-12-10-18-9-7-6-8-17(2)3/h17-18H,4-16H2,1-3H3. The van der Waals surface area contributed by atoms with Gasteiger partial charge in [0.2, 0.25) is 0 Å². The van der Waals surface area contributed by atoms with E-state index in [9.17, 15) is 0 Å². The van der Waals surface area contributed by atoms with Crippen molar-refractivity contribution in [3.05, 3.63) is 0 Å². The smallest absolute Gasteiger partial charge is 0.0701 e. The van der Waals surface area contributed by atoms with Crippen LogP contribution in [0.25, 0.3) is 0 Å². The van der Waals surface area contributed by atoms with Crippen LogP contribution in [-0.4, -0.2) is 52.7 Å². The number of unbranched alkanes of at least 4 members (excludes halogenated alkanes) is 2. The number of hydrogen-bond acceptors (Lipinski definition) is 4. The molecule has 0 aliphatic heterocycles. The lowest BCUT2D eigenvalue weighted by Gasteiger charge is -2.08. The van der Waals surface area contributed by atoms with E-state index in [4.69, 9.17) is 14.2 Å². The normalized spacial score (nSPS) is 11.4. The van der Waals surface area contributed by atoms with Gasteiger partial charge in [-0.15, -0.1) is 0 Å². The number of ether oxygens (including phenoxy) is 3. The minimum Gasteiger partial charge on any atom is -0.379 e. The van der Waals surface area contributed by atoms with E-state index in [1.165, 1.54) is 25.7 Å². The third-order valence-corrected chi connectivity index (χ3v) is 3.19. The molecule has 128 valence electrons. The van der Waals surface area contributed by atoms with E-state index in [2.05, 4.69) is 26.1 Å². The summed E-state index contributed by atoms with van der Waals surface area (Å²) < 4.78 is 16.3. The van der Waals surface area contributed by atoms with Gasteiger partial charge in [-0.25, -0.2) is 0 Å². The molecule has 0 aromatic heterocycles. The molecular weight excluding hydrogens is 266 g/mol. The minimum atomic E-state index is 0.658. The van der Waals surface area contributed by atoms with Crippen LogP contribution in [0.5, 0.6) is 0 Å². The highest BCUT2D eigenvalue weighted by Gasteiger charge is 1.94. The van der Waals surface area contributed by atoms with Crippen LogP contribution in [0, 0.1) is 5.92 Å². The van der Waals surface area contributed by atoms with Crippen molar-refractivity contribution in [2.75, 3.05) is 52.7 Å². The van der Waals surface area contributed by atoms with Crippen molar-refractivity contribution in [2.24, 2.45) is 5.92 Å². The maximum Gasteiger partial charge on any atom is 0.0701 e. The van der Waals surface area contributed by atoms with Gasteiger partial charge in [0.05, 0.1) is 33.0 Å². The first-order chi connectivity index (χ1) is 10.3. The van der Waals surface area contributed by atoms with E-state index >= 15 is 0 Å². The summed E-state index contributed by atoms with van der Waals surface area (Å²) in [6.07, 6.45) is 6.23. The second-order valence-electron chi connectivity index (χ2n) is 5.83. The van der Waals surface area contributed by atoms with E-state index in [0.29, 0.717) is 26.4 Å². The summed E-state index contributed by atoms with van der Waals surface area (Å²) in [7, 11) is 0. The Bertz CT molecular complexity index is 189. The Kier molecular flexibility index (Phi) is 17.8. The van der Waals surface area contributed by atoms with Crippen molar-refractivity contribution in [3.63, 3.8) is 0 Å². The van der Waals surface area contributed by atoms with Crippen LogP contribution in [0.1, 0.15) is 52.9 Å². The van der Waals surface area contributed by atoms with Crippen LogP contribution in [-0.2, 0) is 14.2 Å². The van der Waals surface area contributed by atoms with E-state index in [-0.39, 0.29) is 0 Å². The molecular formula is C17H37NO3. The zero-order valence-electron chi connectivity index (χ0n) is 14.5. The molecule has 0 atom stereocenters. The van der Waals surface area contributed by atoms with Gasteiger partial charge in [-0.3, -0.25) is 0 Å². The quantitative estimate of drug-likeness (QED) is 0.419. The second kappa shape index (κ2) is 17.9. The molecule has 0 aliphatic carbocycles. The van der Waals surface area contributed by atoms with E-state index in [0.717, 1.165) is 38.6 Å². The lowest BCUT2D eigenvalue weighted by atomic mass is 10.1. The van der Waals surface area contributed by atoms with Gasteiger partial charge in [-0.05, 0) is 25.3 Å². The molecule has 0 aromatic carbocycles. The van der Waals surface area contributed by atoms with Gasteiger partial charge in [0.1, 0.15) is 0 Å². The topological polar surface area (TPSA) is 39.7 Å². The molecule has 4 heteroatoms. The molecule has 0 fully saturated rings. The van der Waals surface area contributed by atoms with Crippen LogP contribution in [0.3, 0.4) is 0 Å². The summed E-state index contributed by atoms with van der Waals surface area (Å²) >= 11 is 0. The molecule has 0 unspecified atom stereocenters. The summed E-state index contributed by atoms with van der Waals surface area (Å²) in [5.74, 6) is 0.824. The van der Waals surface area contributed by atoms with Gasteiger partial charge in [0, 0.05) is 13.2 Å². The maximum atomic E-state index is 5.50. The van der Waals surface area contributed by atoms with Crippen molar-refractivity contribution >= 4 is 0 Å². The predicted octanol–water partition coefficient (Wildman–Crippen LogP) is 3.25. The third kappa shape index (κ3) is 19.8. The van der Waals surface area contributed by atoms with E-state index in [1.807, 2.05) is 0 Å². The van der Waals surface area contributed by atoms with Gasteiger partial charge in [0.25, 0.3) is 0 Å². The molecule has 0 heterocycles. The van der Waals surface area contributed by atoms with Crippen molar-refractivity contribution in [3.8, 4) is 0 Å². The molecule has 0 saturated heterocycles. The molecule has 0 aliphatic rings. The first-order valence-corrected chi connectivity index (χ1v) is 8.71. The number of hydrogen-bond donors (Lipinski definition) is 1. The van der Waals surface area contributed by atoms with Gasteiger partial charge < -0.3 is 19.5 Å². The fourth-order valence-corrected chi connectivity index (χ4v) is 1.86. The highest BCUT2D eigenvalue weighted by Crippen LogP contribution is 2.04. The average Bonchev–Trinajstić information content (AvgIpc) is 2.46. The number of rotatable bonds is 17.